The summed E-state index contributed by atoms with van der Waals surface area (Å²) >= 11 is 0. The van der Waals surface area contributed by atoms with Crippen LogP contribution in [-0.2, 0) is 22.9 Å². The molecule has 0 saturated carbocycles. The maximum Gasteiger partial charge on any atom is 0.214 e. The second-order valence-corrected chi connectivity index (χ2v) is 7.25. The van der Waals surface area contributed by atoms with E-state index in [2.05, 4.69) is 21.6 Å². The van der Waals surface area contributed by atoms with Crippen molar-refractivity contribution >= 4 is 15.8 Å². The van der Waals surface area contributed by atoms with E-state index < -0.39 is 10.0 Å². The SMILES string of the molecule is CCc1nnc(NCCN2CCCS2(=O)=O)c(C#N)c1CC. The van der Waals surface area contributed by atoms with Gasteiger partial charge in [-0.05, 0) is 24.8 Å². The molecule has 1 saturated heterocycles. The summed E-state index contributed by atoms with van der Waals surface area (Å²) in [6.45, 7) is 5.33. The van der Waals surface area contributed by atoms with Crippen molar-refractivity contribution < 1.29 is 8.42 Å². The van der Waals surface area contributed by atoms with Gasteiger partial charge in [-0.1, -0.05) is 13.8 Å². The van der Waals surface area contributed by atoms with E-state index in [1.54, 1.807) is 0 Å². The van der Waals surface area contributed by atoms with E-state index >= 15 is 0 Å². The van der Waals surface area contributed by atoms with Crippen LogP contribution >= 0.6 is 0 Å². The van der Waals surface area contributed by atoms with Gasteiger partial charge in [0.05, 0.1) is 11.4 Å². The highest BCUT2D eigenvalue weighted by Crippen LogP contribution is 2.20. The van der Waals surface area contributed by atoms with Crippen LogP contribution < -0.4 is 5.32 Å². The Morgan fingerprint density at radius 2 is 2.09 bits per heavy atom. The zero-order valence-electron chi connectivity index (χ0n) is 13.0. The predicted molar refractivity (Wildman–Crippen MR) is 84.0 cm³/mol. The van der Waals surface area contributed by atoms with Crippen molar-refractivity contribution in [3.8, 4) is 6.07 Å². The van der Waals surface area contributed by atoms with Gasteiger partial charge < -0.3 is 5.32 Å². The van der Waals surface area contributed by atoms with Crippen molar-refractivity contribution in [1.82, 2.24) is 14.5 Å². The van der Waals surface area contributed by atoms with Crippen LogP contribution in [0.15, 0.2) is 0 Å². The minimum atomic E-state index is -3.09. The third-order valence-electron chi connectivity index (χ3n) is 3.81. The Balaban J connectivity index is 2.09. The molecule has 0 unspecified atom stereocenters. The van der Waals surface area contributed by atoms with Crippen molar-refractivity contribution in [2.75, 3.05) is 30.7 Å². The summed E-state index contributed by atoms with van der Waals surface area (Å²) in [5, 5.41) is 20.7. The predicted octanol–water partition coefficient (Wildman–Crippen LogP) is 0.920. The monoisotopic (exact) mass is 323 g/mol. The van der Waals surface area contributed by atoms with Crippen LogP contribution in [0.1, 0.15) is 37.1 Å². The van der Waals surface area contributed by atoms with E-state index in [1.165, 1.54) is 4.31 Å². The number of nitriles is 1. The molecule has 0 atom stereocenters. The number of nitrogens with zero attached hydrogens (tertiary/aromatic N) is 4. The highest BCUT2D eigenvalue weighted by atomic mass is 32.2. The molecule has 8 heteroatoms. The van der Waals surface area contributed by atoms with Crippen LogP contribution in [-0.4, -0.2) is 48.3 Å². The first-order valence-corrected chi connectivity index (χ1v) is 9.14. The maximum absolute atomic E-state index is 11.7. The number of hydrogen-bond acceptors (Lipinski definition) is 6. The van der Waals surface area contributed by atoms with E-state index in [0.29, 0.717) is 37.4 Å². The molecule has 1 aromatic heterocycles. The Hall–Kier alpha value is -1.72. The molecule has 0 bridgehead atoms. The van der Waals surface area contributed by atoms with E-state index in [0.717, 1.165) is 24.1 Å². The summed E-state index contributed by atoms with van der Waals surface area (Å²) in [6, 6.07) is 2.19. The molecule has 1 fully saturated rings. The molecule has 0 aliphatic carbocycles. The van der Waals surface area contributed by atoms with Crippen LogP contribution in [0.25, 0.3) is 0 Å². The number of sulfonamides is 1. The fraction of sp³-hybridized carbons (Fsp3) is 0.643. The normalized spacial score (nSPS) is 17.3. The maximum atomic E-state index is 11.7. The second-order valence-electron chi connectivity index (χ2n) is 5.16. The summed E-state index contributed by atoms with van der Waals surface area (Å²) in [6.07, 6.45) is 2.13. The van der Waals surface area contributed by atoms with Crippen LogP contribution in [0.3, 0.4) is 0 Å². The summed E-state index contributed by atoms with van der Waals surface area (Å²) in [4.78, 5) is 0. The van der Waals surface area contributed by atoms with E-state index in [4.69, 9.17) is 0 Å². The molecule has 1 aromatic rings. The third-order valence-corrected chi connectivity index (χ3v) is 5.77. The van der Waals surface area contributed by atoms with Crippen LogP contribution in [0.5, 0.6) is 0 Å². The van der Waals surface area contributed by atoms with Gasteiger partial charge in [0.25, 0.3) is 0 Å². The number of aromatic nitrogens is 2. The summed E-state index contributed by atoms with van der Waals surface area (Å²) in [5.41, 5.74) is 2.27. The molecule has 0 radical (unpaired) electrons. The molecule has 1 N–H and O–H groups in total. The van der Waals surface area contributed by atoms with Gasteiger partial charge in [-0.2, -0.15) is 10.4 Å². The average Bonchev–Trinajstić information content (AvgIpc) is 2.85. The number of nitrogens with one attached hydrogen (secondary N) is 1. The van der Waals surface area contributed by atoms with Crippen molar-refractivity contribution in [3.05, 3.63) is 16.8 Å². The van der Waals surface area contributed by atoms with Crippen molar-refractivity contribution in [2.45, 2.75) is 33.1 Å². The third kappa shape index (κ3) is 3.36. The molecular weight excluding hydrogens is 302 g/mol. The van der Waals surface area contributed by atoms with Crippen molar-refractivity contribution in [1.29, 1.82) is 5.26 Å². The zero-order chi connectivity index (χ0) is 16.2. The summed E-state index contributed by atoms with van der Waals surface area (Å²) < 4.78 is 24.9. The Labute approximate surface area is 131 Å². The first kappa shape index (κ1) is 16.6. The van der Waals surface area contributed by atoms with E-state index in [1.807, 2.05) is 13.8 Å². The lowest BCUT2D eigenvalue weighted by Gasteiger charge is -2.16. The highest BCUT2D eigenvalue weighted by molar-refractivity contribution is 7.89. The minimum absolute atomic E-state index is 0.224. The number of anilines is 1. The smallest absolute Gasteiger partial charge is 0.214 e. The minimum Gasteiger partial charge on any atom is -0.366 e. The van der Waals surface area contributed by atoms with Gasteiger partial charge in [0.15, 0.2) is 5.82 Å². The average molecular weight is 323 g/mol. The molecule has 1 aliphatic heterocycles. The summed E-state index contributed by atoms with van der Waals surface area (Å²) in [5.74, 6) is 0.662. The van der Waals surface area contributed by atoms with Gasteiger partial charge in [0, 0.05) is 19.6 Å². The Bertz CT molecular complexity index is 681. The van der Waals surface area contributed by atoms with Crippen LogP contribution in [0.4, 0.5) is 5.82 Å². The Morgan fingerprint density at radius 3 is 2.64 bits per heavy atom. The first-order chi connectivity index (χ1) is 10.5. The fourth-order valence-corrected chi connectivity index (χ4v) is 4.19. The zero-order valence-corrected chi connectivity index (χ0v) is 13.8. The lowest BCUT2D eigenvalue weighted by Crippen LogP contribution is -2.31. The largest absolute Gasteiger partial charge is 0.366 e. The quantitative estimate of drug-likeness (QED) is 0.836. The molecular formula is C14H21N5O2S. The van der Waals surface area contributed by atoms with Gasteiger partial charge in [0.2, 0.25) is 10.0 Å². The van der Waals surface area contributed by atoms with Gasteiger partial charge in [0.1, 0.15) is 11.6 Å². The van der Waals surface area contributed by atoms with Crippen molar-refractivity contribution in [3.63, 3.8) is 0 Å². The molecule has 1 aliphatic rings. The standard InChI is InChI=1S/C14H21N5O2S/c1-3-11-12(10-15)14(18-17-13(11)4-2)16-6-8-19-7-5-9-22(19,20)21/h3-9H2,1-2H3,(H,16,18). The molecule has 7 nitrogen and oxygen atoms in total. The van der Waals surface area contributed by atoms with Crippen LogP contribution in [0.2, 0.25) is 0 Å². The highest BCUT2D eigenvalue weighted by Gasteiger charge is 2.27. The lowest BCUT2D eigenvalue weighted by atomic mass is 10.0. The number of aryl methyl sites for hydroxylation is 1. The molecule has 0 amide bonds. The van der Waals surface area contributed by atoms with Gasteiger partial charge >= 0.3 is 0 Å². The Kier molecular flexibility index (Phi) is 5.32. The summed E-state index contributed by atoms with van der Waals surface area (Å²) in [7, 11) is -3.09. The lowest BCUT2D eigenvalue weighted by molar-refractivity contribution is 0.456. The molecule has 0 spiro atoms. The molecule has 120 valence electrons. The number of hydrogen-bond donors (Lipinski definition) is 1. The second kappa shape index (κ2) is 7.03. The topological polar surface area (TPSA) is 99.0 Å². The molecule has 22 heavy (non-hydrogen) atoms. The van der Waals surface area contributed by atoms with Gasteiger partial charge in [-0.15, -0.1) is 5.10 Å². The molecule has 2 heterocycles. The molecule has 0 aromatic carbocycles. The van der Waals surface area contributed by atoms with Crippen LogP contribution in [0, 0.1) is 11.3 Å². The molecule has 2 rings (SSSR count). The fourth-order valence-electron chi connectivity index (χ4n) is 2.66. The first-order valence-electron chi connectivity index (χ1n) is 7.53. The number of rotatable bonds is 6. The van der Waals surface area contributed by atoms with Gasteiger partial charge in [-0.25, -0.2) is 12.7 Å². The Morgan fingerprint density at radius 1 is 1.32 bits per heavy atom. The van der Waals surface area contributed by atoms with E-state index in [-0.39, 0.29) is 5.75 Å². The van der Waals surface area contributed by atoms with E-state index in [9.17, 15) is 13.7 Å². The van der Waals surface area contributed by atoms with Crippen molar-refractivity contribution in [2.24, 2.45) is 0 Å². The van der Waals surface area contributed by atoms with Gasteiger partial charge in [-0.3, -0.25) is 0 Å².